The lowest BCUT2D eigenvalue weighted by atomic mass is 10.1. The molecule has 0 bridgehead atoms. The van der Waals surface area contributed by atoms with E-state index < -0.39 is 53.8 Å². The van der Waals surface area contributed by atoms with Crippen LogP contribution in [0.4, 0.5) is 0 Å². The molecule has 0 heterocycles. The van der Waals surface area contributed by atoms with Gasteiger partial charge in [0.1, 0.15) is 18.1 Å². The summed E-state index contributed by atoms with van der Waals surface area (Å²) in [4.78, 5) is 64.3. The van der Waals surface area contributed by atoms with Crippen LogP contribution < -0.4 is 38.9 Å². The second kappa shape index (κ2) is 16.5. The summed E-state index contributed by atoms with van der Waals surface area (Å²) >= 11 is 1.41. The molecule has 194 valence electrons. The maximum atomic E-state index is 12.9. The minimum atomic E-state index is -1.26. The lowest BCUT2D eigenvalue weighted by Crippen LogP contribution is -2.57. The third kappa shape index (κ3) is 13.5. The number of carbonyl (C=O) groups excluding carboxylic acids is 4. The number of nitrogens with one attached hydrogen (secondary N) is 3. The van der Waals surface area contributed by atoms with E-state index in [0.717, 1.165) is 0 Å². The molecule has 12 N–H and O–H groups in total. The summed E-state index contributed by atoms with van der Waals surface area (Å²) in [7, 11) is 0. The first-order chi connectivity index (χ1) is 15.9. The molecule has 0 aromatic carbocycles. The largest absolute Gasteiger partial charge is 0.480 e. The normalized spacial score (nSPS) is 14.1. The Morgan fingerprint density at radius 3 is 1.88 bits per heavy atom. The van der Waals surface area contributed by atoms with Gasteiger partial charge in [-0.3, -0.25) is 24.2 Å². The lowest BCUT2D eigenvalue weighted by Gasteiger charge is -2.24. The molecule has 0 spiro atoms. The molecule has 0 aliphatic carbocycles. The molecule has 0 aliphatic rings. The minimum Gasteiger partial charge on any atom is -0.480 e. The Morgan fingerprint density at radius 1 is 0.882 bits per heavy atom. The average molecular weight is 505 g/mol. The maximum absolute atomic E-state index is 12.9. The van der Waals surface area contributed by atoms with E-state index in [1.165, 1.54) is 18.7 Å². The van der Waals surface area contributed by atoms with Crippen LogP contribution in [0, 0.1) is 0 Å². The smallest absolute Gasteiger partial charge is 0.326 e. The van der Waals surface area contributed by atoms with E-state index in [1.807, 2.05) is 0 Å². The molecule has 0 saturated heterocycles. The highest BCUT2D eigenvalue weighted by molar-refractivity contribution is 7.98. The molecule has 0 aromatic rings. The summed E-state index contributed by atoms with van der Waals surface area (Å²) in [5.41, 5.74) is 21.3. The molecular weight excluding hydrogens is 468 g/mol. The van der Waals surface area contributed by atoms with Crippen molar-refractivity contribution in [2.45, 2.75) is 63.2 Å². The van der Waals surface area contributed by atoms with Gasteiger partial charge in [0.2, 0.25) is 23.6 Å². The molecule has 0 aromatic heterocycles. The van der Waals surface area contributed by atoms with E-state index in [0.29, 0.717) is 12.2 Å². The lowest BCUT2D eigenvalue weighted by molar-refractivity contribution is -0.142. The number of aliphatic carboxylic acids is 1. The van der Waals surface area contributed by atoms with Gasteiger partial charge in [0, 0.05) is 13.0 Å². The molecule has 34 heavy (non-hydrogen) atoms. The quantitative estimate of drug-likeness (QED) is 0.0563. The number of nitrogens with zero attached hydrogens (tertiary/aromatic N) is 1. The van der Waals surface area contributed by atoms with E-state index in [4.69, 9.17) is 22.9 Å². The van der Waals surface area contributed by atoms with E-state index in [2.05, 4.69) is 20.9 Å². The van der Waals surface area contributed by atoms with Crippen LogP contribution >= 0.6 is 11.8 Å². The summed E-state index contributed by atoms with van der Waals surface area (Å²) in [5, 5.41) is 16.7. The van der Waals surface area contributed by atoms with Crippen molar-refractivity contribution in [3.8, 4) is 0 Å². The van der Waals surface area contributed by atoms with E-state index in [1.54, 1.807) is 6.26 Å². The second-order valence-corrected chi connectivity index (χ2v) is 8.53. The van der Waals surface area contributed by atoms with Gasteiger partial charge in [-0.05, 0) is 44.6 Å². The fraction of sp³-hybridized carbons (Fsp3) is 0.684. The summed E-state index contributed by atoms with van der Waals surface area (Å²) in [6, 6.07) is -4.41. The number of hydrogen-bond acceptors (Lipinski definition) is 8. The Balaban J connectivity index is 5.51. The van der Waals surface area contributed by atoms with Gasteiger partial charge in [-0.2, -0.15) is 11.8 Å². The van der Waals surface area contributed by atoms with Crippen molar-refractivity contribution in [1.29, 1.82) is 0 Å². The summed E-state index contributed by atoms with van der Waals surface area (Å²) < 4.78 is 0. The third-order valence-corrected chi connectivity index (χ3v) is 5.17. The molecule has 4 atom stereocenters. The number of thioether (sulfide) groups is 1. The van der Waals surface area contributed by atoms with E-state index >= 15 is 0 Å². The highest BCUT2D eigenvalue weighted by Gasteiger charge is 2.29. The van der Waals surface area contributed by atoms with Gasteiger partial charge in [-0.15, -0.1) is 0 Å². The fourth-order valence-electron chi connectivity index (χ4n) is 2.67. The molecule has 0 radical (unpaired) electrons. The zero-order chi connectivity index (χ0) is 26.3. The predicted molar refractivity (Wildman–Crippen MR) is 128 cm³/mol. The molecule has 15 heteroatoms. The van der Waals surface area contributed by atoms with Crippen LogP contribution in [0.25, 0.3) is 0 Å². The minimum absolute atomic E-state index is 0.122. The van der Waals surface area contributed by atoms with Gasteiger partial charge in [0.25, 0.3) is 0 Å². The number of carboxylic acid groups (broad SMARTS) is 1. The Hall–Kier alpha value is -3.07. The second-order valence-electron chi connectivity index (χ2n) is 7.55. The number of aliphatic imine (C=N–C) groups is 1. The summed E-state index contributed by atoms with van der Waals surface area (Å²) in [5.74, 6) is -3.69. The van der Waals surface area contributed by atoms with Gasteiger partial charge in [-0.25, -0.2) is 4.79 Å². The molecule has 0 aliphatic heterocycles. The van der Waals surface area contributed by atoms with E-state index in [9.17, 15) is 29.1 Å². The molecule has 4 amide bonds. The monoisotopic (exact) mass is 504 g/mol. The van der Waals surface area contributed by atoms with Gasteiger partial charge < -0.3 is 44.0 Å². The van der Waals surface area contributed by atoms with Gasteiger partial charge in [-0.1, -0.05) is 0 Å². The topological polar surface area (TPSA) is 258 Å². The van der Waals surface area contributed by atoms with Crippen LogP contribution in [0.5, 0.6) is 0 Å². The number of nitrogens with two attached hydrogens (primary N) is 4. The van der Waals surface area contributed by atoms with E-state index in [-0.39, 0.29) is 38.2 Å². The summed E-state index contributed by atoms with van der Waals surface area (Å²) in [6.07, 6.45) is 2.00. The summed E-state index contributed by atoms with van der Waals surface area (Å²) in [6.45, 7) is 1.63. The van der Waals surface area contributed by atoms with Crippen LogP contribution in [-0.4, -0.2) is 83.4 Å². The Kier molecular flexibility index (Phi) is 15.0. The first-order valence-corrected chi connectivity index (χ1v) is 12.0. The third-order valence-electron chi connectivity index (χ3n) is 4.53. The number of rotatable bonds is 17. The highest BCUT2D eigenvalue weighted by Crippen LogP contribution is 2.06. The molecule has 14 nitrogen and oxygen atoms in total. The molecule has 4 unspecified atom stereocenters. The number of hydrogen-bond donors (Lipinski definition) is 8. The van der Waals surface area contributed by atoms with Crippen LogP contribution in [-0.2, 0) is 24.0 Å². The zero-order valence-electron chi connectivity index (χ0n) is 19.4. The zero-order valence-corrected chi connectivity index (χ0v) is 20.2. The van der Waals surface area contributed by atoms with Crippen LogP contribution in [0.3, 0.4) is 0 Å². The average Bonchev–Trinajstić information content (AvgIpc) is 2.74. The molecule has 0 saturated carbocycles. The van der Waals surface area contributed by atoms with Crippen molar-refractivity contribution in [1.82, 2.24) is 16.0 Å². The Morgan fingerprint density at radius 2 is 1.41 bits per heavy atom. The van der Waals surface area contributed by atoms with Crippen LogP contribution in [0.2, 0.25) is 0 Å². The van der Waals surface area contributed by atoms with Gasteiger partial charge in [0.15, 0.2) is 5.96 Å². The number of carbonyl (C=O) groups is 5. The first kappa shape index (κ1) is 30.9. The molecular formula is C19H36N8O6S. The van der Waals surface area contributed by atoms with Crippen molar-refractivity contribution < 1.29 is 29.1 Å². The Bertz CT molecular complexity index is 744. The van der Waals surface area contributed by atoms with Crippen LogP contribution in [0.15, 0.2) is 4.99 Å². The van der Waals surface area contributed by atoms with Crippen molar-refractivity contribution in [3.63, 3.8) is 0 Å². The highest BCUT2D eigenvalue weighted by atomic mass is 32.2. The predicted octanol–water partition coefficient (Wildman–Crippen LogP) is -3.06. The van der Waals surface area contributed by atoms with Crippen molar-refractivity contribution >= 4 is 47.3 Å². The molecule has 0 fully saturated rings. The number of primary amides is 1. The fourth-order valence-corrected chi connectivity index (χ4v) is 3.14. The van der Waals surface area contributed by atoms with Crippen LogP contribution in [0.1, 0.15) is 39.0 Å². The molecule has 0 rings (SSSR count). The number of guanidine groups is 1. The first-order valence-electron chi connectivity index (χ1n) is 10.6. The number of carboxylic acids is 1. The SMILES string of the molecule is CSCCC(NC(=O)C(CCC(N)=O)NC(=O)C(CCCN=C(N)N)NC(=O)C(C)N)C(=O)O. The maximum Gasteiger partial charge on any atom is 0.326 e. The van der Waals surface area contributed by atoms with Gasteiger partial charge in [0.05, 0.1) is 6.04 Å². The van der Waals surface area contributed by atoms with Gasteiger partial charge >= 0.3 is 5.97 Å². The standard InChI is InChI=1S/C19H36N8O6S/c1-10(20)15(29)25-11(4-3-8-24-19(22)23)16(30)26-12(5-6-14(21)28)17(31)27-13(18(32)33)7-9-34-2/h10-13H,3-9,20H2,1-2H3,(H2,21,28)(H,25,29)(H,26,30)(H,27,31)(H,32,33)(H4,22,23,24). The number of amides is 4. The van der Waals surface area contributed by atoms with Crippen molar-refractivity contribution in [2.75, 3.05) is 18.6 Å². The van der Waals surface area contributed by atoms with Crippen molar-refractivity contribution in [2.24, 2.45) is 27.9 Å². The van der Waals surface area contributed by atoms with Crippen molar-refractivity contribution in [3.05, 3.63) is 0 Å². The Labute approximate surface area is 202 Å².